The summed E-state index contributed by atoms with van der Waals surface area (Å²) in [4.78, 5) is 0. The maximum absolute atomic E-state index is 10.0. The van der Waals surface area contributed by atoms with E-state index in [2.05, 4.69) is 11.4 Å². The van der Waals surface area contributed by atoms with Crippen LogP contribution in [0.2, 0.25) is 0 Å². The smallest absolute Gasteiger partial charge is 0.151 e. The Hall–Kier alpha value is -1.28. The number of allylic oxidation sites excluding steroid dienone is 1. The summed E-state index contributed by atoms with van der Waals surface area (Å²) in [7, 11) is 0. The van der Waals surface area contributed by atoms with E-state index in [1.165, 1.54) is 24.0 Å². The summed E-state index contributed by atoms with van der Waals surface area (Å²) >= 11 is 0. The van der Waals surface area contributed by atoms with Crippen LogP contribution in [0.25, 0.3) is 5.57 Å². The van der Waals surface area contributed by atoms with Crippen LogP contribution in [-0.4, -0.2) is 11.3 Å². The van der Waals surface area contributed by atoms with Gasteiger partial charge in [0.2, 0.25) is 0 Å². The number of hydrogen-bond donors (Lipinski definition) is 2. The van der Waals surface area contributed by atoms with Crippen molar-refractivity contribution in [1.29, 1.82) is 0 Å². The normalized spacial score (nSPS) is 24.2. The van der Waals surface area contributed by atoms with Crippen molar-refractivity contribution in [3.8, 4) is 0 Å². The van der Waals surface area contributed by atoms with Crippen molar-refractivity contribution in [2.24, 2.45) is 0 Å². The van der Waals surface area contributed by atoms with Crippen molar-refractivity contribution in [2.75, 3.05) is 5.32 Å². The third-order valence-electron chi connectivity index (χ3n) is 3.37. The van der Waals surface area contributed by atoms with Gasteiger partial charge >= 0.3 is 0 Å². The SMILES string of the molecule is OC1Nc2ccccc2C1=C1CCCC1. The molecule has 2 N–H and O–H groups in total. The van der Waals surface area contributed by atoms with Gasteiger partial charge in [-0.3, -0.25) is 0 Å². The van der Waals surface area contributed by atoms with E-state index in [0.29, 0.717) is 0 Å². The quantitative estimate of drug-likeness (QED) is 0.676. The lowest BCUT2D eigenvalue weighted by Crippen LogP contribution is -2.13. The maximum Gasteiger partial charge on any atom is 0.151 e. The number of anilines is 1. The molecule has 1 fully saturated rings. The van der Waals surface area contributed by atoms with Crippen LogP contribution in [0.15, 0.2) is 29.8 Å². The summed E-state index contributed by atoms with van der Waals surface area (Å²) in [6, 6.07) is 8.16. The third kappa shape index (κ3) is 1.37. The van der Waals surface area contributed by atoms with Crippen molar-refractivity contribution in [1.82, 2.24) is 0 Å². The second kappa shape index (κ2) is 3.38. The Kier molecular flexibility index (Phi) is 2.03. The van der Waals surface area contributed by atoms with E-state index in [0.717, 1.165) is 24.1 Å². The zero-order valence-corrected chi connectivity index (χ0v) is 8.66. The molecule has 2 heteroatoms. The topological polar surface area (TPSA) is 32.3 Å². The number of hydrogen-bond acceptors (Lipinski definition) is 2. The lowest BCUT2D eigenvalue weighted by Gasteiger charge is -2.09. The van der Waals surface area contributed by atoms with Crippen molar-refractivity contribution in [3.63, 3.8) is 0 Å². The molecule has 1 heterocycles. The molecule has 1 unspecified atom stereocenters. The average Bonchev–Trinajstić information content (AvgIpc) is 2.82. The summed E-state index contributed by atoms with van der Waals surface area (Å²) in [5.41, 5.74) is 4.85. The van der Waals surface area contributed by atoms with Crippen LogP contribution in [0.3, 0.4) is 0 Å². The monoisotopic (exact) mass is 201 g/mol. The Balaban J connectivity index is 2.13. The van der Waals surface area contributed by atoms with Crippen LogP contribution in [0, 0.1) is 0 Å². The van der Waals surface area contributed by atoms with Gasteiger partial charge in [-0.15, -0.1) is 0 Å². The number of para-hydroxylation sites is 1. The lowest BCUT2D eigenvalue weighted by molar-refractivity contribution is 0.265. The minimum atomic E-state index is -0.490. The van der Waals surface area contributed by atoms with Gasteiger partial charge in [-0.25, -0.2) is 0 Å². The van der Waals surface area contributed by atoms with E-state index < -0.39 is 6.23 Å². The molecular weight excluding hydrogens is 186 g/mol. The molecule has 0 amide bonds. The van der Waals surface area contributed by atoms with Gasteiger partial charge in [0.05, 0.1) is 0 Å². The first-order valence-electron chi connectivity index (χ1n) is 5.62. The van der Waals surface area contributed by atoms with Crippen LogP contribution >= 0.6 is 0 Å². The minimum Gasteiger partial charge on any atom is -0.369 e. The Morgan fingerprint density at radius 1 is 1.13 bits per heavy atom. The van der Waals surface area contributed by atoms with E-state index in [4.69, 9.17) is 0 Å². The summed E-state index contributed by atoms with van der Waals surface area (Å²) < 4.78 is 0. The van der Waals surface area contributed by atoms with E-state index in [-0.39, 0.29) is 0 Å². The van der Waals surface area contributed by atoms with Crippen LogP contribution in [0.1, 0.15) is 31.2 Å². The molecule has 0 aromatic heterocycles. The highest BCUT2D eigenvalue weighted by atomic mass is 16.3. The van der Waals surface area contributed by atoms with Gasteiger partial charge in [-0.1, -0.05) is 23.8 Å². The summed E-state index contributed by atoms with van der Waals surface area (Å²) in [5, 5.41) is 13.1. The number of rotatable bonds is 0. The van der Waals surface area contributed by atoms with Gasteiger partial charge in [-0.2, -0.15) is 0 Å². The molecule has 1 atom stereocenters. The molecule has 0 radical (unpaired) electrons. The second-order valence-corrected chi connectivity index (χ2v) is 4.32. The first-order chi connectivity index (χ1) is 7.36. The third-order valence-corrected chi connectivity index (χ3v) is 3.37. The number of benzene rings is 1. The molecule has 2 nitrogen and oxygen atoms in total. The van der Waals surface area contributed by atoms with E-state index in [1.54, 1.807) is 0 Å². The number of nitrogens with one attached hydrogen (secondary N) is 1. The molecule has 0 spiro atoms. The molecular formula is C13H15NO. The Bertz CT molecular complexity index is 414. The first-order valence-corrected chi connectivity index (χ1v) is 5.62. The Morgan fingerprint density at radius 3 is 2.67 bits per heavy atom. The van der Waals surface area contributed by atoms with Gasteiger partial charge in [0.1, 0.15) is 0 Å². The molecule has 0 bridgehead atoms. The fourth-order valence-electron chi connectivity index (χ4n) is 2.67. The van der Waals surface area contributed by atoms with E-state index in [9.17, 15) is 5.11 Å². The number of fused-ring (bicyclic) bond motifs is 1. The maximum atomic E-state index is 10.0. The lowest BCUT2D eigenvalue weighted by atomic mass is 9.99. The molecule has 2 aliphatic rings. The van der Waals surface area contributed by atoms with E-state index >= 15 is 0 Å². The van der Waals surface area contributed by atoms with Crippen LogP contribution in [-0.2, 0) is 0 Å². The molecule has 78 valence electrons. The molecule has 15 heavy (non-hydrogen) atoms. The summed E-state index contributed by atoms with van der Waals surface area (Å²) in [6.45, 7) is 0. The van der Waals surface area contributed by atoms with Crippen LogP contribution < -0.4 is 5.32 Å². The van der Waals surface area contributed by atoms with Crippen molar-refractivity contribution >= 4 is 11.3 Å². The molecule has 1 aliphatic heterocycles. The largest absolute Gasteiger partial charge is 0.369 e. The second-order valence-electron chi connectivity index (χ2n) is 4.32. The number of aliphatic hydroxyl groups is 1. The van der Waals surface area contributed by atoms with E-state index in [1.807, 2.05) is 18.2 Å². The van der Waals surface area contributed by atoms with Crippen LogP contribution in [0.5, 0.6) is 0 Å². The fraction of sp³-hybridized carbons (Fsp3) is 0.385. The molecule has 1 aromatic rings. The van der Waals surface area contributed by atoms with Gasteiger partial charge in [0, 0.05) is 16.8 Å². The first kappa shape index (κ1) is 8.98. The van der Waals surface area contributed by atoms with Crippen LogP contribution in [0.4, 0.5) is 5.69 Å². The van der Waals surface area contributed by atoms with Gasteiger partial charge in [-0.05, 0) is 31.7 Å². The summed E-state index contributed by atoms with van der Waals surface area (Å²) in [5.74, 6) is 0. The Morgan fingerprint density at radius 2 is 1.87 bits per heavy atom. The van der Waals surface area contributed by atoms with Crippen molar-refractivity contribution in [3.05, 3.63) is 35.4 Å². The van der Waals surface area contributed by atoms with Gasteiger partial charge < -0.3 is 10.4 Å². The molecule has 0 saturated heterocycles. The predicted octanol–water partition coefficient (Wildman–Crippen LogP) is 2.76. The highest BCUT2D eigenvalue weighted by Crippen LogP contribution is 2.40. The molecule has 1 aromatic carbocycles. The Labute approximate surface area is 89.6 Å². The van der Waals surface area contributed by atoms with Crippen molar-refractivity contribution in [2.45, 2.75) is 31.9 Å². The zero-order valence-electron chi connectivity index (χ0n) is 8.66. The fourth-order valence-corrected chi connectivity index (χ4v) is 2.67. The highest BCUT2D eigenvalue weighted by Gasteiger charge is 2.27. The average molecular weight is 201 g/mol. The van der Waals surface area contributed by atoms with Gasteiger partial charge in [0.15, 0.2) is 6.23 Å². The minimum absolute atomic E-state index is 0.490. The predicted molar refractivity (Wildman–Crippen MR) is 61.5 cm³/mol. The summed E-state index contributed by atoms with van der Waals surface area (Å²) in [6.07, 6.45) is 4.36. The standard InChI is InChI=1S/C13H15NO/c15-13-12(9-5-1-2-6-9)10-7-3-4-8-11(10)14-13/h3-4,7-8,13-15H,1-2,5-6H2. The highest BCUT2D eigenvalue weighted by molar-refractivity contribution is 5.87. The number of aliphatic hydroxyl groups excluding tert-OH is 1. The van der Waals surface area contributed by atoms with Crippen molar-refractivity contribution < 1.29 is 5.11 Å². The zero-order chi connectivity index (χ0) is 10.3. The molecule has 1 aliphatic carbocycles. The molecule has 1 saturated carbocycles. The van der Waals surface area contributed by atoms with Gasteiger partial charge in [0.25, 0.3) is 0 Å². The molecule has 3 rings (SSSR count).